The van der Waals surface area contributed by atoms with Crippen molar-refractivity contribution in [2.75, 3.05) is 6.61 Å². The van der Waals surface area contributed by atoms with Crippen molar-refractivity contribution in [1.29, 1.82) is 0 Å². The standard InChI is InChI=1S/C17H18F3NO2/c1-13-4-7-15(8-5-13)23-11-3-2-10-21-12-14(17(18,19)20)6-9-16(21)22/h4-9,12H,2-3,10-11H2,1H3. The summed E-state index contributed by atoms with van der Waals surface area (Å²) >= 11 is 0. The van der Waals surface area contributed by atoms with Crippen molar-refractivity contribution >= 4 is 0 Å². The lowest BCUT2D eigenvalue weighted by atomic mass is 10.2. The van der Waals surface area contributed by atoms with Crippen LogP contribution in [0.5, 0.6) is 5.75 Å². The number of aryl methyl sites for hydroxylation is 2. The van der Waals surface area contributed by atoms with Crippen LogP contribution < -0.4 is 10.3 Å². The first-order valence-corrected chi connectivity index (χ1v) is 7.33. The van der Waals surface area contributed by atoms with Crippen LogP contribution in [0.3, 0.4) is 0 Å². The highest BCUT2D eigenvalue weighted by Crippen LogP contribution is 2.28. The number of halogens is 3. The van der Waals surface area contributed by atoms with Gasteiger partial charge in [-0.15, -0.1) is 0 Å². The summed E-state index contributed by atoms with van der Waals surface area (Å²) in [6.45, 7) is 2.67. The van der Waals surface area contributed by atoms with E-state index in [1.165, 1.54) is 0 Å². The number of aromatic nitrogens is 1. The Morgan fingerprint density at radius 2 is 1.74 bits per heavy atom. The molecule has 23 heavy (non-hydrogen) atoms. The molecule has 6 heteroatoms. The maximum atomic E-state index is 12.6. The summed E-state index contributed by atoms with van der Waals surface area (Å²) in [4.78, 5) is 11.6. The highest BCUT2D eigenvalue weighted by atomic mass is 19.4. The second-order valence-electron chi connectivity index (χ2n) is 5.32. The van der Waals surface area contributed by atoms with Crippen LogP contribution in [0.2, 0.25) is 0 Å². The molecule has 0 fully saturated rings. The maximum Gasteiger partial charge on any atom is 0.417 e. The molecular formula is C17H18F3NO2. The average molecular weight is 325 g/mol. The third-order valence-corrected chi connectivity index (χ3v) is 3.39. The molecule has 1 heterocycles. The highest BCUT2D eigenvalue weighted by molar-refractivity contribution is 5.26. The summed E-state index contributed by atoms with van der Waals surface area (Å²) in [5.74, 6) is 0.756. The summed E-state index contributed by atoms with van der Waals surface area (Å²) < 4.78 is 44.5. The second-order valence-corrected chi connectivity index (χ2v) is 5.32. The molecule has 2 aromatic rings. The molecule has 3 nitrogen and oxygen atoms in total. The van der Waals surface area contributed by atoms with Gasteiger partial charge >= 0.3 is 6.18 Å². The van der Waals surface area contributed by atoms with Gasteiger partial charge in [0.2, 0.25) is 0 Å². The molecular weight excluding hydrogens is 307 g/mol. The van der Waals surface area contributed by atoms with E-state index in [1.807, 2.05) is 31.2 Å². The number of hydrogen-bond donors (Lipinski definition) is 0. The first-order chi connectivity index (χ1) is 10.9. The Morgan fingerprint density at radius 1 is 1.04 bits per heavy atom. The van der Waals surface area contributed by atoms with Gasteiger partial charge in [0.15, 0.2) is 0 Å². The van der Waals surface area contributed by atoms with Crippen molar-refractivity contribution in [3.05, 3.63) is 64.1 Å². The molecule has 0 atom stereocenters. The number of rotatable bonds is 6. The van der Waals surface area contributed by atoms with E-state index in [1.54, 1.807) is 0 Å². The van der Waals surface area contributed by atoms with Crippen LogP contribution in [0.1, 0.15) is 24.0 Å². The van der Waals surface area contributed by atoms with E-state index < -0.39 is 17.3 Å². The van der Waals surface area contributed by atoms with Crippen LogP contribution in [0.4, 0.5) is 13.2 Å². The van der Waals surface area contributed by atoms with Crippen molar-refractivity contribution in [3.63, 3.8) is 0 Å². The van der Waals surface area contributed by atoms with Crippen LogP contribution in [-0.4, -0.2) is 11.2 Å². The quantitative estimate of drug-likeness (QED) is 0.751. The van der Waals surface area contributed by atoms with E-state index in [0.29, 0.717) is 19.4 Å². The molecule has 0 aliphatic rings. The Balaban J connectivity index is 1.82. The predicted molar refractivity (Wildman–Crippen MR) is 81.6 cm³/mol. The van der Waals surface area contributed by atoms with E-state index in [9.17, 15) is 18.0 Å². The monoisotopic (exact) mass is 325 g/mol. The molecule has 0 amide bonds. The Hall–Kier alpha value is -2.24. The molecule has 0 saturated heterocycles. The Morgan fingerprint density at radius 3 is 2.39 bits per heavy atom. The average Bonchev–Trinajstić information content (AvgIpc) is 2.49. The molecule has 0 unspecified atom stereocenters. The van der Waals surface area contributed by atoms with Crippen molar-refractivity contribution in [1.82, 2.24) is 4.57 Å². The number of alkyl halides is 3. The molecule has 0 saturated carbocycles. The Kier molecular flexibility index (Phi) is 5.47. The van der Waals surface area contributed by atoms with Gasteiger partial charge in [-0.2, -0.15) is 13.2 Å². The molecule has 1 aromatic heterocycles. The zero-order valence-corrected chi connectivity index (χ0v) is 12.8. The fraction of sp³-hybridized carbons (Fsp3) is 0.353. The normalized spacial score (nSPS) is 11.5. The van der Waals surface area contributed by atoms with Gasteiger partial charge in [-0.25, -0.2) is 0 Å². The molecule has 0 aliphatic heterocycles. The first-order valence-electron chi connectivity index (χ1n) is 7.33. The van der Waals surface area contributed by atoms with Crippen LogP contribution in [0.25, 0.3) is 0 Å². The first kappa shape index (κ1) is 17.1. The van der Waals surface area contributed by atoms with Gasteiger partial charge in [-0.3, -0.25) is 4.79 Å². The maximum absolute atomic E-state index is 12.6. The summed E-state index contributed by atoms with van der Waals surface area (Å²) in [6.07, 6.45) is -2.36. The number of nitrogens with zero attached hydrogens (tertiary/aromatic N) is 1. The van der Waals surface area contributed by atoms with Crippen molar-refractivity contribution in [2.45, 2.75) is 32.5 Å². The second kappa shape index (κ2) is 7.35. The highest BCUT2D eigenvalue weighted by Gasteiger charge is 2.30. The fourth-order valence-corrected chi connectivity index (χ4v) is 2.08. The van der Waals surface area contributed by atoms with Crippen LogP contribution in [-0.2, 0) is 12.7 Å². The van der Waals surface area contributed by atoms with E-state index in [4.69, 9.17) is 4.74 Å². The molecule has 1 aromatic carbocycles. The van der Waals surface area contributed by atoms with E-state index in [2.05, 4.69) is 0 Å². The van der Waals surface area contributed by atoms with Gasteiger partial charge in [-0.1, -0.05) is 17.7 Å². The van der Waals surface area contributed by atoms with E-state index in [-0.39, 0.29) is 6.54 Å². The SMILES string of the molecule is Cc1ccc(OCCCCn2cc(C(F)(F)F)ccc2=O)cc1. The Labute approximate surface area is 132 Å². The number of unbranched alkanes of at least 4 members (excludes halogenated alkanes) is 1. The molecule has 0 aliphatic carbocycles. The Bertz CT molecular complexity index is 690. The smallest absolute Gasteiger partial charge is 0.417 e. The van der Waals surface area contributed by atoms with E-state index >= 15 is 0 Å². The van der Waals surface area contributed by atoms with Gasteiger partial charge in [0.05, 0.1) is 12.2 Å². The van der Waals surface area contributed by atoms with Crippen LogP contribution in [0, 0.1) is 6.92 Å². The van der Waals surface area contributed by atoms with E-state index in [0.717, 1.165) is 34.2 Å². The van der Waals surface area contributed by atoms with Crippen LogP contribution >= 0.6 is 0 Å². The minimum absolute atomic E-state index is 0.236. The van der Waals surface area contributed by atoms with Gasteiger partial charge in [0.25, 0.3) is 5.56 Å². The fourth-order valence-electron chi connectivity index (χ4n) is 2.08. The zero-order valence-electron chi connectivity index (χ0n) is 12.8. The molecule has 0 bridgehead atoms. The number of benzene rings is 1. The predicted octanol–water partition coefficient (Wildman–Crippen LogP) is 4.03. The number of ether oxygens (including phenoxy) is 1. The molecule has 0 spiro atoms. The number of pyridine rings is 1. The van der Waals surface area contributed by atoms with Crippen molar-refractivity contribution in [2.24, 2.45) is 0 Å². The number of hydrogen-bond acceptors (Lipinski definition) is 2. The van der Waals surface area contributed by atoms with Gasteiger partial charge in [-0.05, 0) is 38.0 Å². The summed E-state index contributed by atoms with van der Waals surface area (Å²) in [7, 11) is 0. The third kappa shape index (κ3) is 5.16. The molecule has 0 N–H and O–H groups in total. The topological polar surface area (TPSA) is 31.2 Å². The van der Waals surface area contributed by atoms with Gasteiger partial charge in [0.1, 0.15) is 5.75 Å². The van der Waals surface area contributed by atoms with Crippen LogP contribution in [0.15, 0.2) is 47.4 Å². The zero-order chi connectivity index (χ0) is 16.9. The minimum Gasteiger partial charge on any atom is -0.494 e. The molecule has 2 rings (SSSR count). The summed E-state index contributed by atoms with van der Waals surface area (Å²) in [5.41, 5.74) is -0.105. The lowest BCUT2D eigenvalue weighted by Gasteiger charge is -2.11. The lowest BCUT2D eigenvalue weighted by molar-refractivity contribution is -0.138. The lowest BCUT2D eigenvalue weighted by Crippen LogP contribution is -2.21. The summed E-state index contributed by atoms with van der Waals surface area (Å²) in [6, 6.07) is 9.37. The molecule has 124 valence electrons. The van der Waals surface area contributed by atoms with Gasteiger partial charge in [0, 0.05) is 18.8 Å². The third-order valence-electron chi connectivity index (χ3n) is 3.39. The summed E-state index contributed by atoms with van der Waals surface area (Å²) in [5, 5.41) is 0. The van der Waals surface area contributed by atoms with Crippen molar-refractivity contribution in [3.8, 4) is 5.75 Å². The molecule has 0 radical (unpaired) electrons. The van der Waals surface area contributed by atoms with Gasteiger partial charge < -0.3 is 9.30 Å². The van der Waals surface area contributed by atoms with Crippen molar-refractivity contribution < 1.29 is 17.9 Å². The minimum atomic E-state index is -4.44. The largest absolute Gasteiger partial charge is 0.494 e.